The predicted molar refractivity (Wildman–Crippen MR) is 79.4 cm³/mol. The monoisotopic (exact) mass is 293 g/mol. The zero-order valence-electron chi connectivity index (χ0n) is 10.6. The van der Waals surface area contributed by atoms with Crippen molar-refractivity contribution in [1.82, 2.24) is 10.2 Å². The van der Waals surface area contributed by atoms with E-state index < -0.39 is 0 Å². The van der Waals surface area contributed by atoms with Gasteiger partial charge in [-0.05, 0) is 19.7 Å². The minimum Gasteiger partial charge on any atom is -0.353 e. The number of likely N-dealkylation sites (N-methyl/N-ethyl adjacent to an activating group) is 1. The van der Waals surface area contributed by atoms with E-state index in [1.54, 1.807) is 0 Å². The number of halogens is 2. The lowest BCUT2D eigenvalue weighted by Gasteiger charge is -2.23. The van der Waals surface area contributed by atoms with Crippen molar-refractivity contribution in [3.05, 3.63) is 35.9 Å². The van der Waals surface area contributed by atoms with Crippen molar-refractivity contribution in [3.8, 4) is 0 Å². The second-order valence-corrected chi connectivity index (χ2v) is 3.86. The van der Waals surface area contributed by atoms with Crippen molar-refractivity contribution in [2.75, 3.05) is 27.2 Å². The molecular formula is C12H21Cl2N3O. The molecule has 104 valence electrons. The Balaban J connectivity index is 0. The number of rotatable bonds is 5. The largest absolute Gasteiger partial charge is 0.353 e. The number of nitrogens with one attached hydrogen (secondary N) is 1. The van der Waals surface area contributed by atoms with Crippen LogP contribution in [0.3, 0.4) is 0 Å². The van der Waals surface area contributed by atoms with Gasteiger partial charge in [0.25, 0.3) is 0 Å². The van der Waals surface area contributed by atoms with E-state index in [-0.39, 0.29) is 36.8 Å². The molecule has 6 heteroatoms. The van der Waals surface area contributed by atoms with Crippen LogP contribution in [0.5, 0.6) is 0 Å². The van der Waals surface area contributed by atoms with Crippen LogP contribution in [-0.4, -0.2) is 38.0 Å². The summed E-state index contributed by atoms with van der Waals surface area (Å²) in [6, 6.07) is 9.45. The van der Waals surface area contributed by atoms with Crippen LogP contribution in [0.15, 0.2) is 30.3 Å². The summed E-state index contributed by atoms with van der Waals surface area (Å²) in [6.45, 7) is 0.969. The van der Waals surface area contributed by atoms with Crippen LogP contribution in [0.1, 0.15) is 11.6 Å². The van der Waals surface area contributed by atoms with Gasteiger partial charge in [0, 0.05) is 13.1 Å². The Morgan fingerprint density at radius 2 is 1.83 bits per heavy atom. The van der Waals surface area contributed by atoms with E-state index in [1.165, 1.54) is 0 Å². The van der Waals surface area contributed by atoms with Crippen molar-refractivity contribution in [2.45, 2.75) is 6.04 Å². The molecule has 4 nitrogen and oxygen atoms in total. The van der Waals surface area contributed by atoms with Crippen LogP contribution >= 0.6 is 24.8 Å². The molecule has 0 aliphatic carbocycles. The summed E-state index contributed by atoms with van der Waals surface area (Å²) in [5, 5.41) is 2.81. The zero-order valence-corrected chi connectivity index (χ0v) is 12.3. The third-order valence-corrected chi connectivity index (χ3v) is 2.32. The van der Waals surface area contributed by atoms with Gasteiger partial charge in [0.05, 0.1) is 0 Å². The molecule has 1 unspecified atom stereocenters. The first-order valence-electron chi connectivity index (χ1n) is 5.36. The number of nitrogens with two attached hydrogens (primary N) is 1. The fourth-order valence-corrected chi connectivity index (χ4v) is 1.61. The van der Waals surface area contributed by atoms with Crippen molar-refractivity contribution in [2.24, 2.45) is 5.73 Å². The fraction of sp³-hybridized carbons (Fsp3) is 0.417. The Morgan fingerprint density at radius 1 is 1.28 bits per heavy atom. The molecule has 1 atom stereocenters. The fourth-order valence-electron chi connectivity index (χ4n) is 1.61. The SMILES string of the molecule is CN(C)C(C(=O)NCCN)c1ccccc1.Cl.Cl. The molecule has 0 saturated carbocycles. The molecule has 0 bridgehead atoms. The summed E-state index contributed by atoms with van der Waals surface area (Å²) in [5.41, 5.74) is 6.35. The van der Waals surface area contributed by atoms with Crippen LogP contribution in [0.25, 0.3) is 0 Å². The Kier molecular flexibility index (Phi) is 11.0. The normalized spacial score (nSPS) is 11.1. The average molecular weight is 294 g/mol. The highest BCUT2D eigenvalue weighted by atomic mass is 35.5. The molecule has 0 radical (unpaired) electrons. The van der Waals surface area contributed by atoms with Crippen LogP contribution in [0.2, 0.25) is 0 Å². The minimum atomic E-state index is -0.257. The van der Waals surface area contributed by atoms with E-state index in [1.807, 2.05) is 49.3 Å². The van der Waals surface area contributed by atoms with Crippen molar-refractivity contribution in [3.63, 3.8) is 0 Å². The molecule has 1 aromatic carbocycles. The van der Waals surface area contributed by atoms with Gasteiger partial charge in [-0.3, -0.25) is 9.69 Å². The van der Waals surface area contributed by atoms with Gasteiger partial charge in [0.2, 0.25) is 5.91 Å². The third-order valence-electron chi connectivity index (χ3n) is 2.32. The number of carbonyl (C=O) groups is 1. The summed E-state index contributed by atoms with van der Waals surface area (Å²) in [5.74, 6) is -0.0124. The lowest BCUT2D eigenvalue weighted by atomic mass is 10.1. The number of hydrogen-bond acceptors (Lipinski definition) is 3. The molecule has 0 aliphatic rings. The molecule has 0 fully saturated rings. The van der Waals surface area contributed by atoms with Gasteiger partial charge in [0.15, 0.2) is 0 Å². The number of nitrogens with zero attached hydrogens (tertiary/aromatic N) is 1. The maximum absolute atomic E-state index is 11.9. The molecule has 3 N–H and O–H groups in total. The zero-order chi connectivity index (χ0) is 12.0. The topological polar surface area (TPSA) is 58.4 Å². The standard InChI is InChI=1S/C12H19N3O.2ClH/c1-15(2)11(12(16)14-9-8-13)10-6-4-3-5-7-10;;/h3-7,11H,8-9,13H2,1-2H3,(H,14,16);2*1H. The van der Waals surface area contributed by atoms with Gasteiger partial charge in [-0.2, -0.15) is 0 Å². The van der Waals surface area contributed by atoms with Gasteiger partial charge in [-0.25, -0.2) is 0 Å². The Morgan fingerprint density at radius 3 is 2.28 bits per heavy atom. The molecule has 0 heterocycles. The number of benzene rings is 1. The second-order valence-electron chi connectivity index (χ2n) is 3.86. The first-order chi connectivity index (χ1) is 7.66. The summed E-state index contributed by atoms with van der Waals surface area (Å²) < 4.78 is 0. The Labute approximate surface area is 121 Å². The van der Waals surface area contributed by atoms with Gasteiger partial charge in [-0.15, -0.1) is 24.8 Å². The summed E-state index contributed by atoms with van der Waals surface area (Å²) in [7, 11) is 3.78. The molecule has 18 heavy (non-hydrogen) atoms. The lowest BCUT2D eigenvalue weighted by Crippen LogP contribution is -2.39. The van der Waals surface area contributed by atoms with Crippen molar-refractivity contribution >= 4 is 30.7 Å². The summed E-state index contributed by atoms with van der Waals surface area (Å²) >= 11 is 0. The first-order valence-corrected chi connectivity index (χ1v) is 5.36. The maximum Gasteiger partial charge on any atom is 0.241 e. The molecule has 1 rings (SSSR count). The van der Waals surface area contributed by atoms with Crippen molar-refractivity contribution < 1.29 is 4.79 Å². The Bertz CT molecular complexity index is 333. The van der Waals surface area contributed by atoms with E-state index in [0.717, 1.165) is 5.56 Å². The number of amides is 1. The highest BCUT2D eigenvalue weighted by molar-refractivity contribution is 5.85. The molecule has 0 saturated heterocycles. The van der Waals surface area contributed by atoms with E-state index in [0.29, 0.717) is 13.1 Å². The minimum absolute atomic E-state index is 0. The first kappa shape index (κ1) is 19.5. The van der Waals surface area contributed by atoms with Gasteiger partial charge < -0.3 is 11.1 Å². The number of carbonyl (C=O) groups excluding carboxylic acids is 1. The van der Waals surface area contributed by atoms with E-state index >= 15 is 0 Å². The average Bonchev–Trinajstić information content (AvgIpc) is 2.27. The quantitative estimate of drug-likeness (QED) is 0.858. The van der Waals surface area contributed by atoms with Crippen LogP contribution in [-0.2, 0) is 4.79 Å². The molecule has 1 amide bonds. The summed E-state index contributed by atoms with van der Waals surface area (Å²) in [6.07, 6.45) is 0. The highest BCUT2D eigenvalue weighted by Crippen LogP contribution is 2.17. The molecule has 0 spiro atoms. The van der Waals surface area contributed by atoms with E-state index in [9.17, 15) is 4.79 Å². The van der Waals surface area contributed by atoms with Gasteiger partial charge in [0.1, 0.15) is 6.04 Å². The Hall–Kier alpha value is -0.810. The van der Waals surface area contributed by atoms with E-state index in [4.69, 9.17) is 5.73 Å². The second kappa shape index (κ2) is 10.1. The lowest BCUT2D eigenvalue weighted by molar-refractivity contribution is -0.125. The number of hydrogen-bond donors (Lipinski definition) is 2. The highest BCUT2D eigenvalue weighted by Gasteiger charge is 2.21. The molecule has 1 aromatic rings. The molecular weight excluding hydrogens is 273 g/mol. The summed E-state index contributed by atoms with van der Waals surface area (Å²) in [4.78, 5) is 13.8. The van der Waals surface area contributed by atoms with Gasteiger partial charge >= 0.3 is 0 Å². The van der Waals surface area contributed by atoms with Crippen molar-refractivity contribution in [1.29, 1.82) is 0 Å². The molecule has 0 aliphatic heterocycles. The van der Waals surface area contributed by atoms with E-state index in [2.05, 4.69) is 5.32 Å². The smallest absolute Gasteiger partial charge is 0.241 e. The van der Waals surface area contributed by atoms with Gasteiger partial charge in [-0.1, -0.05) is 30.3 Å². The molecule has 0 aromatic heterocycles. The maximum atomic E-state index is 11.9. The van der Waals surface area contributed by atoms with Crippen LogP contribution in [0, 0.1) is 0 Å². The predicted octanol–water partition coefficient (Wildman–Crippen LogP) is 1.21. The third kappa shape index (κ3) is 5.69. The van der Waals surface area contributed by atoms with Crippen LogP contribution < -0.4 is 11.1 Å². The van der Waals surface area contributed by atoms with Crippen LogP contribution in [0.4, 0.5) is 0 Å².